The lowest BCUT2D eigenvalue weighted by Crippen LogP contribution is -2.33. The highest BCUT2D eigenvalue weighted by atomic mass is 127. The summed E-state index contributed by atoms with van der Waals surface area (Å²) in [5.74, 6) is 1.46. The quantitative estimate of drug-likeness (QED) is 0.843. The van der Waals surface area contributed by atoms with Crippen molar-refractivity contribution in [1.29, 1.82) is 0 Å². The molecule has 0 amide bonds. The van der Waals surface area contributed by atoms with Crippen LogP contribution in [0.3, 0.4) is 0 Å². The summed E-state index contributed by atoms with van der Waals surface area (Å²) in [6, 6.07) is 8.16. The van der Waals surface area contributed by atoms with Crippen LogP contribution in [0.5, 0.6) is 5.75 Å². The Morgan fingerprint density at radius 1 is 1.40 bits per heavy atom. The van der Waals surface area contributed by atoms with Crippen molar-refractivity contribution in [2.24, 2.45) is 5.92 Å². The molecule has 0 saturated heterocycles. The predicted molar refractivity (Wildman–Crippen MR) is 72.3 cm³/mol. The monoisotopic (exact) mass is 319 g/mol. The molecule has 0 fully saturated rings. The van der Waals surface area contributed by atoms with E-state index >= 15 is 0 Å². The van der Waals surface area contributed by atoms with Gasteiger partial charge in [-0.15, -0.1) is 0 Å². The number of rotatable bonds is 5. The van der Waals surface area contributed by atoms with Gasteiger partial charge in [-0.05, 0) is 53.8 Å². The molecule has 1 rings (SSSR count). The minimum atomic E-state index is 0.230. The Bertz CT molecular complexity index is 301. The molecule has 84 valence electrons. The fraction of sp³-hybridized carbons (Fsp3) is 0.500. The molecule has 1 unspecified atom stereocenters. The minimum Gasteiger partial charge on any atom is -0.489 e. The SMILES string of the molecule is CNCC(Oc1cccc(I)c1)C(C)C. The first-order chi connectivity index (χ1) is 7.13. The molecule has 3 heteroatoms. The second-order valence-corrected chi connectivity index (χ2v) is 5.16. The van der Waals surface area contributed by atoms with E-state index in [0.717, 1.165) is 12.3 Å². The van der Waals surface area contributed by atoms with E-state index in [0.29, 0.717) is 5.92 Å². The Labute approximate surface area is 106 Å². The van der Waals surface area contributed by atoms with Gasteiger partial charge in [0.1, 0.15) is 11.9 Å². The maximum Gasteiger partial charge on any atom is 0.120 e. The highest BCUT2D eigenvalue weighted by Crippen LogP contribution is 2.18. The topological polar surface area (TPSA) is 21.3 Å². The summed E-state index contributed by atoms with van der Waals surface area (Å²) >= 11 is 2.30. The van der Waals surface area contributed by atoms with E-state index in [2.05, 4.69) is 53.9 Å². The molecule has 0 aliphatic rings. The highest BCUT2D eigenvalue weighted by Gasteiger charge is 2.13. The Balaban J connectivity index is 2.65. The fourth-order valence-electron chi connectivity index (χ4n) is 1.33. The molecule has 0 aliphatic carbocycles. The zero-order valence-corrected chi connectivity index (χ0v) is 11.6. The maximum absolute atomic E-state index is 5.93. The van der Waals surface area contributed by atoms with Crippen LogP contribution < -0.4 is 10.1 Å². The second-order valence-electron chi connectivity index (χ2n) is 3.92. The molecule has 15 heavy (non-hydrogen) atoms. The molecule has 0 radical (unpaired) electrons. The van der Waals surface area contributed by atoms with Crippen molar-refractivity contribution in [1.82, 2.24) is 5.32 Å². The normalized spacial score (nSPS) is 12.9. The van der Waals surface area contributed by atoms with E-state index < -0.39 is 0 Å². The summed E-state index contributed by atoms with van der Waals surface area (Å²) in [6.07, 6.45) is 0.230. The highest BCUT2D eigenvalue weighted by molar-refractivity contribution is 14.1. The third kappa shape index (κ3) is 4.38. The largest absolute Gasteiger partial charge is 0.489 e. The summed E-state index contributed by atoms with van der Waals surface area (Å²) in [5, 5.41) is 3.16. The van der Waals surface area contributed by atoms with Gasteiger partial charge in [-0.2, -0.15) is 0 Å². The van der Waals surface area contributed by atoms with Crippen LogP contribution in [0.2, 0.25) is 0 Å². The summed E-state index contributed by atoms with van der Waals surface area (Å²) in [6.45, 7) is 5.23. The van der Waals surface area contributed by atoms with Gasteiger partial charge in [0.2, 0.25) is 0 Å². The lowest BCUT2D eigenvalue weighted by atomic mass is 10.1. The Morgan fingerprint density at radius 2 is 2.13 bits per heavy atom. The summed E-state index contributed by atoms with van der Waals surface area (Å²) in [7, 11) is 1.95. The van der Waals surface area contributed by atoms with Crippen LogP contribution in [0.15, 0.2) is 24.3 Å². The van der Waals surface area contributed by atoms with Gasteiger partial charge < -0.3 is 10.1 Å². The van der Waals surface area contributed by atoms with Crippen LogP contribution in [0.25, 0.3) is 0 Å². The number of hydrogen-bond acceptors (Lipinski definition) is 2. The molecule has 1 atom stereocenters. The molecule has 0 aliphatic heterocycles. The van der Waals surface area contributed by atoms with Crippen molar-refractivity contribution >= 4 is 22.6 Å². The van der Waals surface area contributed by atoms with Crippen LogP contribution in [0, 0.1) is 9.49 Å². The zero-order valence-electron chi connectivity index (χ0n) is 9.46. The van der Waals surface area contributed by atoms with Gasteiger partial charge in [0.15, 0.2) is 0 Å². The van der Waals surface area contributed by atoms with Crippen LogP contribution in [-0.4, -0.2) is 19.7 Å². The van der Waals surface area contributed by atoms with Crippen LogP contribution in [0.4, 0.5) is 0 Å². The number of ether oxygens (including phenoxy) is 1. The maximum atomic E-state index is 5.93. The van der Waals surface area contributed by atoms with E-state index in [4.69, 9.17) is 4.74 Å². The van der Waals surface area contributed by atoms with Gasteiger partial charge in [0, 0.05) is 10.1 Å². The van der Waals surface area contributed by atoms with Crippen molar-refractivity contribution in [2.45, 2.75) is 20.0 Å². The van der Waals surface area contributed by atoms with Crippen LogP contribution >= 0.6 is 22.6 Å². The molecule has 0 bridgehead atoms. The molecule has 0 heterocycles. The molecule has 1 aromatic rings. The van der Waals surface area contributed by atoms with E-state index in [1.807, 2.05) is 19.2 Å². The van der Waals surface area contributed by atoms with Crippen molar-refractivity contribution < 1.29 is 4.74 Å². The van der Waals surface area contributed by atoms with Crippen molar-refractivity contribution in [3.63, 3.8) is 0 Å². The van der Waals surface area contributed by atoms with E-state index in [9.17, 15) is 0 Å². The van der Waals surface area contributed by atoms with Gasteiger partial charge >= 0.3 is 0 Å². The average Bonchev–Trinajstić information content (AvgIpc) is 2.17. The van der Waals surface area contributed by atoms with Gasteiger partial charge in [0.25, 0.3) is 0 Å². The Kier molecular flexibility index (Phi) is 5.39. The Morgan fingerprint density at radius 3 is 2.67 bits per heavy atom. The lowest BCUT2D eigenvalue weighted by Gasteiger charge is -2.22. The van der Waals surface area contributed by atoms with Gasteiger partial charge in [-0.3, -0.25) is 0 Å². The summed E-state index contributed by atoms with van der Waals surface area (Å²) in [4.78, 5) is 0. The third-order valence-electron chi connectivity index (χ3n) is 2.23. The van der Waals surface area contributed by atoms with Crippen molar-refractivity contribution in [3.8, 4) is 5.75 Å². The Hall–Kier alpha value is -0.290. The zero-order chi connectivity index (χ0) is 11.3. The fourth-order valence-corrected chi connectivity index (χ4v) is 1.84. The summed E-state index contributed by atoms with van der Waals surface area (Å²) < 4.78 is 7.14. The summed E-state index contributed by atoms with van der Waals surface area (Å²) in [5.41, 5.74) is 0. The predicted octanol–water partition coefficient (Wildman–Crippen LogP) is 2.91. The second kappa shape index (κ2) is 6.33. The smallest absolute Gasteiger partial charge is 0.120 e. The molecular formula is C12H18INO. The number of halogens is 1. The number of benzene rings is 1. The van der Waals surface area contributed by atoms with Crippen molar-refractivity contribution in [3.05, 3.63) is 27.8 Å². The number of likely N-dealkylation sites (N-methyl/N-ethyl adjacent to an activating group) is 1. The van der Waals surface area contributed by atoms with Gasteiger partial charge in [0.05, 0.1) is 0 Å². The molecule has 0 saturated carbocycles. The minimum absolute atomic E-state index is 0.230. The first-order valence-electron chi connectivity index (χ1n) is 5.20. The van der Waals surface area contributed by atoms with E-state index in [-0.39, 0.29) is 6.10 Å². The third-order valence-corrected chi connectivity index (χ3v) is 2.90. The first kappa shape index (κ1) is 12.8. The molecule has 0 spiro atoms. The van der Waals surface area contributed by atoms with E-state index in [1.165, 1.54) is 3.57 Å². The standard InChI is InChI=1S/C12H18INO/c1-9(2)12(8-14-3)15-11-6-4-5-10(13)7-11/h4-7,9,12,14H,8H2,1-3H3. The molecule has 1 N–H and O–H groups in total. The van der Waals surface area contributed by atoms with Crippen LogP contribution in [-0.2, 0) is 0 Å². The van der Waals surface area contributed by atoms with E-state index in [1.54, 1.807) is 0 Å². The molecule has 1 aromatic carbocycles. The lowest BCUT2D eigenvalue weighted by molar-refractivity contribution is 0.151. The first-order valence-corrected chi connectivity index (χ1v) is 6.28. The average molecular weight is 319 g/mol. The molecular weight excluding hydrogens is 301 g/mol. The van der Waals surface area contributed by atoms with Gasteiger partial charge in [-0.25, -0.2) is 0 Å². The molecule has 2 nitrogen and oxygen atoms in total. The van der Waals surface area contributed by atoms with Crippen LogP contribution in [0.1, 0.15) is 13.8 Å². The molecule has 0 aromatic heterocycles. The number of hydrogen-bond donors (Lipinski definition) is 1. The van der Waals surface area contributed by atoms with Crippen molar-refractivity contribution in [2.75, 3.05) is 13.6 Å². The van der Waals surface area contributed by atoms with Gasteiger partial charge in [-0.1, -0.05) is 19.9 Å². The number of nitrogens with one attached hydrogen (secondary N) is 1.